The Morgan fingerprint density at radius 3 is 0.500 bits per heavy atom. The minimum atomic E-state index is 0. The third-order valence-corrected chi connectivity index (χ3v) is 0. The first kappa shape index (κ1) is 241. The molecule has 0 unspecified atom stereocenters. The predicted octanol–water partition coefficient (Wildman–Crippen LogP) is -0.188. The summed E-state index contributed by atoms with van der Waals surface area (Å²) in [6.45, 7) is 0. The van der Waals surface area contributed by atoms with Crippen LogP contribution in [0.5, 0.6) is 0 Å². The van der Waals surface area contributed by atoms with E-state index in [2.05, 4.69) is 0 Å². The molecule has 0 aliphatic heterocycles. The zero-order valence-electron chi connectivity index (χ0n) is 10.2. The van der Waals surface area contributed by atoms with Crippen LogP contribution in [0.3, 0.4) is 0 Å². The molecule has 0 saturated carbocycles. The average Bonchev–Trinajstić information content (AvgIpc) is 1.50. The van der Waals surface area contributed by atoms with Crippen LogP contribution in [-0.4, -0.2) is 35.4 Å². The van der Waals surface area contributed by atoms with Crippen LogP contribution in [0.2, 0.25) is 0 Å². The number of aliphatic hydroxyl groups is 2. The quantitative estimate of drug-likeness (QED) is 0.476. The molecule has 0 atom stereocenters. The fourth-order valence-electron chi connectivity index (χ4n) is 0. The maximum absolute atomic E-state index is 7.00. The smallest absolute Gasteiger partial charge is 0.412 e. The Hall–Kier alpha value is 1.79. The Morgan fingerprint density at radius 2 is 0.500 bits per heavy atom. The van der Waals surface area contributed by atoms with E-state index in [0.717, 1.165) is 14.2 Å². The van der Waals surface area contributed by atoms with Crippen molar-refractivity contribution in [1.82, 2.24) is 0 Å². The number of hydrogen-bond acceptors (Lipinski definition) is 2. The van der Waals surface area contributed by atoms with Gasteiger partial charge in [-0.2, -0.15) is 0 Å². The molecule has 0 bridgehead atoms. The molecule has 0 rings (SSSR count). The second-order valence-electron chi connectivity index (χ2n) is 0. The van der Waals surface area contributed by atoms with Crippen molar-refractivity contribution < 1.29 is 81.7 Å². The van der Waals surface area contributed by atoms with Crippen LogP contribution in [0.1, 0.15) is 0 Å². The maximum Gasteiger partial charge on any atom is 2.00 e. The Morgan fingerprint density at radius 1 is 0.500 bits per heavy atom. The van der Waals surface area contributed by atoms with E-state index in [1.54, 1.807) is 0 Å². The maximum atomic E-state index is 7.00. The third kappa shape index (κ3) is 705. The fourth-order valence-corrected chi connectivity index (χ4v) is 0. The van der Waals surface area contributed by atoms with Gasteiger partial charge < -0.3 is 58.3 Å². The van der Waals surface area contributed by atoms with Gasteiger partial charge in [0, 0.05) is 31.3 Å². The summed E-state index contributed by atoms with van der Waals surface area (Å²) >= 11 is 0. The van der Waals surface area contributed by atoms with E-state index < -0.39 is 0 Å². The first-order valence-corrected chi connectivity index (χ1v) is 0.894. The molecule has 0 spiro atoms. The van der Waals surface area contributed by atoms with E-state index in [4.69, 9.17) is 10.2 Å². The molecule has 0 aliphatic carbocycles. The molecule has 0 aromatic carbocycles. The molecule has 0 fully saturated rings. The molecular formula is C7H27FeO4Ti2-. The summed E-state index contributed by atoms with van der Waals surface area (Å²) in [5.41, 5.74) is 0. The van der Waals surface area contributed by atoms with Crippen molar-refractivity contribution in [2.24, 2.45) is 0 Å². The van der Waals surface area contributed by atoms with E-state index in [-0.39, 0.29) is 109 Å². The molecule has 14 heavy (non-hydrogen) atoms. The van der Waals surface area contributed by atoms with Gasteiger partial charge in [0.2, 0.25) is 0 Å². The zero-order chi connectivity index (χ0) is 4.00. The number of rotatable bonds is 0. The summed E-state index contributed by atoms with van der Waals surface area (Å²) in [7, 11) is 2.00. The van der Waals surface area contributed by atoms with Crippen LogP contribution in [0.4, 0.5) is 0 Å². The van der Waals surface area contributed by atoms with Gasteiger partial charge in [-0.1, -0.05) is 0 Å². The number of hydrogen-bond donors (Lipinski definition) is 2. The minimum absolute atomic E-state index is 0. The van der Waals surface area contributed by atoms with Crippen LogP contribution in [0.25, 0.3) is 0 Å². The first-order valence-electron chi connectivity index (χ1n) is 0.894. The van der Waals surface area contributed by atoms with E-state index >= 15 is 0 Å². The average molecular weight is 327 g/mol. The third-order valence-electron chi connectivity index (χ3n) is 0. The molecule has 0 aromatic rings. The molecule has 0 aliphatic rings. The molecule has 0 amide bonds. The molecule has 0 saturated heterocycles. The molecule has 0 aromatic heterocycles. The zero-order valence-corrected chi connectivity index (χ0v) is 14.5. The predicted molar refractivity (Wildman–Crippen MR) is 55.6 cm³/mol. The second kappa shape index (κ2) is 879. The van der Waals surface area contributed by atoms with Gasteiger partial charge in [-0.15, -0.1) is 0 Å². The summed E-state index contributed by atoms with van der Waals surface area (Å²) in [5, 5.41) is 14.0. The van der Waals surface area contributed by atoms with Gasteiger partial charge >= 0.3 is 43.4 Å². The van der Waals surface area contributed by atoms with Gasteiger partial charge in [-0.3, -0.25) is 0 Å². The molecule has 0 heterocycles. The van der Waals surface area contributed by atoms with E-state index in [1.807, 2.05) is 0 Å². The van der Waals surface area contributed by atoms with E-state index in [0.29, 0.717) is 0 Å². The van der Waals surface area contributed by atoms with Gasteiger partial charge in [0.1, 0.15) is 0 Å². The molecule has 7 heteroatoms. The van der Waals surface area contributed by atoms with Gasteiger partial charge in [0.05, 0.1) is 0 Å². The molecule has 6 N–H and O–H groups in total. The monoisotopic (exact) mass is 327 g/mol. The van der Waals surface area contributed by atoms with Crippen molar-refractivity contribution in [3.05, 3.63) is 37.1 Å². The summed E-state index contributed by atoms with van der Waals surface area (Å²) in [4.78, 5) is 0. The topological polar surface area (TPSA) is 103 Å². The Kier molecular flexibility index (Phi) is 15100. The van der Waals surface area contributed by atoms with Gasteiger partial charge in [-0.05, 0) is 0 Å². The largest absolute Gasteiger partial charge is 2.00 e. The van der Waals surface area contributed by atoms with Crippen LogP contribution in [0.15, 0.2) is 0 Å². The molecular weight excluding hydrogens is 300 g/mol. The second-order valence-corrected chi connectivity index (χ2v) is 0. The van der Waals surface area contributed by atoms with Crippen molar-refractivity contribution in [1.29, 1.82) is 0 Å². The molecule has 0 radical (unpaired) electrons. The van der Waals surface area contributed by atoms with Crippen molar-refractivity contribution >= 4 is 0 Å². The first-order chi connectivity index (χ1) is 2.00. The van der Waals surface area contributed by atoms with Crippen LogP contribution < -0.4 is 0 Å². The molecule has 96 valence electrons. The van der Waals surface area contributed by atoms with Crippen molar-refractivity contribution in [2.45, 2.75) is 0 Å². The minimum Gasteiger partial charge on any atom is -0.412 e. The Balaban J connectivity index is -0.000000000333. The van der Waals surface area contributed by atoms with Crippen molar-refractivity contribution in [3.8, 4) is 0 Å². The van der Waals surface area contributed by atoms with Gasteiger partial charge in [0.15, 0.2) is 0 Å². The standard InChI is InChI=1S/2CH4O.5CH3.Fe.2H2O.2Ti/c2*1-2;;;;;;;;;;/h2*2H,1H3;5*1H3;;2*1H2;;/q;;5*-1;;;;2*+2. The van der Waals surface area contributed by atoms with Crippen molar-refractivity contribution in [3.63, 3.8) is 0 Å². The number of aliphatic hydroxyl groups excluding tert-OH is 2. The van der Waals surface area contributed by atoms with E-state index in [1.165, 1.54) is 0 Å². The van der Waals surface area contributed by atoms with Crippen molar-refractivity contribution in [2.75, 3.05) is 14.2 Å². The molecule has 4 nitrogen and oxygen atoms in total. The summed E-state index contributed by atoms with van der Waals surface area (Å²) in [5.74, 6) is 0. The summed E-state index contributed by atoms with van der Waals surface area (Å²) < 4.78 is 0. The van der Waals surface area contributed by atoms with Crippen LogP contribution in [-0.2, 0) is 60.5 Å². The summed E-state index contributed by atoms with van der Waals surface area (Å²) in [6.07, 6.45) is 0. The van der Waals surface area contributed by atoms with Crippen LogP contribution >= 0.6 is 0 Å². The fraction of sp³-hybridized carbons (Fsp3) is 0.286. The Bertz CT molecular complexity index is 23.7. The van der Waals surface area contributed by atoms with E-state index in [9.17, 15) is 0 Å². The SMILES string of the molecule is CO.CO.O.O.[CH3-].[CH3-].[CH3-].[CH3-].[CH3-].[Fe].[Ti+2].[Ti+2]. The van der Waals surface area contributed by atoms with Gasteiger partial charge in [-0.25, -0.2) is 0 Å². The Labute approximate surface area is 132 Å². The summed E-state index contributed by atoms with van der Waals surface area (Å²) in [6, 6.07) is 0. The normalized spacial score (nSPS) is 0.857. The van der Waals surface area contributed by atoms with Crippen LogP contribution in [0, 0.1) is 37.1 Å². The van der Waals surface area contributed by atoms with Gasteiger partial charge in [0.25, 0.3) is 0 Å².